The fraction of sp³-hybridized carbons (Fsp3) is 0.167. The number of ether oxygens (including phenoxy) is 2. The van der Waals surface area contributed by atoms with Gasteiger partial charge in [-0.05, 0) is 23.8 Å². The summed E-state index contributed by atoms with van der Waals surface area (Å²) in [5.74, 6) is -0.709. The van der Waals surface area contributed by atoms with Crippen molar-refractivity contribution in [2.45, 2.75) is 19.1 Å². The average molecular weight is 434 g/mol. The van der Waals surface area contributed by atoms with Crippen LogP contribution in [0.1, 0.15) is 21.5 Å². The highest BCUT2D eigenvalue weighted by Crippen LogP contribution is 2.25. The van der Waals surface area contributed by atoms with Gasteiger partial charge in [-0.3, -0.25) is 14.9 Å². The first-order valence-electron chi connectivity index (χ1n) is 9.85. The van der Waals surface area contributed by atoms with Gasteiger partial charge in [0.05, 0.1) is 12.0 Å². The first-order chi connectivity index (χ1) is 15.5. The van der Waals surface area contributed by atoms with E-state index in [1.165, 1.54) is 25.3 Å². The Bertz CT molecular complexity index is 1090. The lowest BCUT2D eigenvalue weighted by Crippen LogP contribution is -2.43. The molecule has 0 aliphatic rings. The van der Waals surface area contributed by atoms with Crippen molar-refractivity contribution >= 4 is 17.6 Å². The number of carbonyl (C=O) groups excluding carboxylic acids is 2. The molecule has 1 atom stereocenters. The molecule has 0 heterocycles. The van der Waals surface area contributed by atoms with E-state index in [1.54, 1.807) is 30.3 Å². The van der Waals surface area contributed by atoms with E-state index in [2.05, 4.69) is 5.32 Å². The number of amides is 1. The summed E-state index contributed by atoms with van der Waals surface area (Å²) < 4.78 is 10.6. The van der Waals surface area contributed by atoms with E-state index >= 15 is 0 Å². The molecule has 3 aromatic carbocycles. The molecule has 0 saturated carbocycles. The molecule has 1 amide bonds. The molecule has 1 unspecified atom stereocenters. The smallest absolute Gasteiger partial charge is 0.329 e. The van der Waals surface area contributed by atoms with Crippen LogP contribution in [0.3, 0.4) is 0 Å². The Labute approximate surface area is 184 Å². The SMILES string of the molecule is COc1ccc([N+](=O)[O-])cc1COC(=O)C(Cc1ccccc1)NC(=O)c1ccccc1. The van der Waals surface area contributed by atoms with E-state index in [0.29, 0.717) is 16.9 Å². The maximum absolute atomic E-state index is 12.9. The van der Waals surface area contributed by atoms with Crippen LogP contribution in [-0.2, 0) is 22.6 Å². The zero-order chi connectivity index (χ0) is 22.9. The molecule has 0 spiro atoms. The minimum Gasteiger partial charge on any atom is -0.496 e. The zero-order valence-electron chi connectivity index (χ0n) is 17.4. The van der Waals surface area contributed by atoms with Gasteiger partial charge in [0.2, 0.25) is 0 Å². The number of benzene rings is 3. The molecule has 0 saturated heterocycles. The summed E-state index contributed by atoms with van der Waals surface area (Å²) >= 11 is 0. The predicted molar refractivity (Wildman–Crippen MR) is 117 cm³/mol. The van der Waals surface area contributed by atoms with Crippen molar-refractivity contribution < 1.29 is 24.0 Å². The molecule has 0 aliphatic heterocycles. The van der Waals surface area contributed by atoms with E-state index in [0.717, 1.165) is 5.56 Å². The van der Waals surface area contributed by atoms with Crippen LogP contribution in [0.4, 0.5) is 5.69 Å². The van der Waals surface area contributed by atoms with Gasteiger partial charge in [-0.1, -0.05) is 48.5 Å². The number of nitro benzene ring substituents is 1. The van der Waals surface area contributed by atoms with E-state index < -0.39 is 22.8 Å². The maximum Gasteiger partial charge on any atom is 0.329 e. The molecule has 0 fully saturated rings. The summed E-state index contributed by atoms with van der Waals surface area (Å²) in [7, 11) is 1.42. The average Bonchev–Trinajstić information content (AvgIpc) is 2.83. The molecule has 3 rings (SSSR count). The number of hydrogen-bond donors (Lipinski definition) is 1. The van der Waals surface area contributed by atoms with Crippen LogP contribution in [-0.4, -0.2) is 30.0 Å². The number of nitrogens with zero attached hydrogens (tertiary/aromatic N) is 1. The number of rotatable bonds is 9. The van der Waals surface area contributed by atoms with Crippen LogP contribution in [0.2, 0.25) is 0 Å². The molecule has 0 radical (unpaired) electrons. The molecular formula is C24H22N2O6. The first kappa shape index (κ1) is 22.5. The number of nitrogens with one attached hydrogen (secondary N) is 1. The monoisotopic (exact) mass is 434 g/mol. The number of methoxy groups -OCH3 is 1. The van der Waals surface area contributed by atoms with Crippen molar-refractivity contribution in [2.75, 3.05) is 7.11 Å². The molecule has 0 bridgehead atoms. The Morgan fingerprint density at radius 3 is 2.28 bits per heavy atom. The summed E-state index contributed by atoms with van der Waals surface area (Å²) in [4.78, 5) is 36.1. The van der Waals surface area contributed by atoms with Gasteiger partial charge in [-0.2, -0.15) is 0 Å². The van der Waals surface area contributed by atoms with Crippen molar-refractivity contribution in [2.24, 2.45) is 0 Å². The largest absolute Gasteiger partial charge is 0.496 e. The Morgan fingerprint density at radius 1 is 1.00 bits per heavy atom. The lowest BCUT2D eigenvalue weighted by Gasteiger charge is -2.18. The van der Waals surface area contributed by atoms with Gasteiger partial charge in [-0.15, -0.1) is 0 Å². The van der Waals surface area contributed by atoms with Gasteiger partial charge < -0.3 is 14.8 Å². The van der Waals surface area contributed by atoms with Crippen molar-refractivity contribution in [3.63, 3.8) is 0 Å². The van der Waals surface area contributed by atoms with E-state index in [-0.39, 0.29) is 18.7 Å². The minimum atomic E-state index is -0.949. The standard InChI is InChI=1S/C24H22N2O6/c1-31-22-13-12-20(26(29)30)15-19(22)16-32-24(28)21(14-17-8-4-2-5-9-17)25-23(27)18-10-6-3-7-11-18/h2-13,15,21H,14,16H2,1H3,(H,25,27). The van der Waals surface area contributed by atoms with Gasteiger partial charge in [0.25, 0.3) is 11.6 Å². The quantitative estimate of drug-likeness (QED) is 0.313. The molecule has 0 aliphatic carbocycles. The number of non-ortho nitro benzene ring substituents is 1. The zero-order valence-corrected chi connectivity index (χ0v) is 17.4. The molecule has 32 heavy (non-hydrogen) atoms. The number of hydrogen-bond acceptors (Lipinski definition) is 6. The Morgan fingerprint density at radius 2 is 1.66 bits per heavy atom. The van der Waals surface area contributed by atoms with Crippen molar-refractivity contribution in [1.82, 2.24) is 5.32 Å². The third-order valence-electron chi connectivity index (χ3n) is 4.75. The maximum atomic E-state index is 12.9. The Balaban J connectivity index is 1.77. The number of carbonyl (C=O) groups is 2. The number of nitro groups is 1. The van der Waals surface area contributed by atoms with Crippen LogP contribution >= 0.6 is 0 Å². The second-order valence-corrected chi connectivity index (χ2v) is 6.94. The Hall–Kier alpha value is -4.20. The van der Waals surface area contributed by atoms with Crippen LogP contribution in [0, 0.1) is 10.1 Å². The van der Waals surface area contributed by atoms with Crippen LogP contribution in [0.15, 0.2) is 78.9 Å². The fourth-order valence-corrected chi connectivity index (χ4v) is 3.12. The normalized spacial score (nSPS) is 11.3. The predicted octanol–water partition coefficient (Wildman–Crippen LogP) is 3.69. The van der Waals surface area contributed by atoms with Crippen LogP contribution in [0.25, 0.3) is 0 Å². The summed E-state index contributed by atoms with van der Waals surface area (Å²) in [6.07, 6.45) is 0.227. The summed E-state index contributed by atoms with van der Waals surface area (Å²) in [6, 6.07) is 20.9. The van der Waals surface area contributed by atoms with E-state index in [9.17, 15) is 19.7 Å². The van der Waals surface area contributed by atoms with Crippen molar-refractivity contribution in [1.29, 1.82) is 0 Å². The summed E-state index contributed by atoms with van der Waals surface area (Å²) in [5, 5.41) is 13.8. The van der Waals surface area contributed by atoms with Crippen molar-refractivity contribution in [3.05, 3.63) is 106 Å². The van der Waals surface area contributed by atoms with Gasteiger partial charge in [0, 0.05) is 29.7 Å². The van der Waals surface area contributed by atoms with Gasteiger partial charge in [-0.25, -0.2) is 4.79 Å². The number of esters is 1. The van der Waals surface area contributed by atoms with Crippen molar-refractivity contribution in [3.8, 4) is 5.75 Å². The van der Waals surface area contributed by atoms with Gasteiger partial charge in [0.1, 0.15) is 18.4 Å². The molecule has 164 valence electrons. The van der Waals surface area contributed by atoms with Gasteiger partial charge >= 0.3 is 5.97 Å². The Kier molecular flexibility index (Phi) is 7.53. The van der Waals surface area contributed by atoms with Crippen LogP contribution in [0.5, 0.6) is 5.75 Å². The second kappa shape index (κ2) is 10.7. The van der Waals surface area contributed by atoms with Gasteiger partial charge in [0.15, 0.2) is 0 Å². The third kappa shape index (κ3) is 5.91. The summed E-state index contributed by atoms with van der Waals surface area (Å²) in [5.41, 5.74) is 1.47. The molecule has 8 heteroatoms. The van der Waals surface area contributed by atoms with E-state index in [4.69, 9.17) is 9.47 Å². The lowest BCUT2D eigenvalue weighted by molar-refractivity contribution is -0.385. The molecule has 1 N–H and O–H groups in total. The minimum absolute atomic E-state index is 0.143. The summed E-state index contributed by atoms with van der Waals surface area (Å²) in [6.45, 7) is -0.240. The fourth-order valence-electron chi connectivity index (χ4n) is 3.12. The van der Waals surface area contributed by atoms with E-state index in [1.807, 2.05) is 30.3 Å². The molecule has 8 nitrogen and oxygen atoms in total. The third-order valence-corrected chi connectivity index (χ3v) is 4.75. The van der Waals surface area contributed by atoms with Crippen LogP contribution < -0.4 is 10.1 Å². The lowest BCUT2D eigenvalue weighted by atomic mass is 10.1. The molecular weight excluding hydrogens is 412 g/mol. The first-order valence-corrected chi connectivity index (χ1v) is 9.85. The second-order valence-electron chi connectivity index (χ2n) is 6.94. The highest BCUT2D eigenvalue weighted by Gasteiger charge is 2.24. The molecule has 0 aromatic heterocycles. The molecule has 3 aromatic rings. The topological polar surface area (TPSA) is 108 Å². The highest BCUT2D eigenvalue weighted by molar-refractivity contribution is 5.96. The highest BCUT2D eigenvalue weighted by atomic mass is 16.6.